The van der Waals surface area contributed by atoms with Crippen molar-refractivity contribution in [3.05, 3.63) is 0 Å². The van der Waals surface area contributed by atoms with E-state index >= 15 is 0 Å². The zero-order valence-corrected chi connectivity index (χ0v) is 5.72. The highest BCUT2D eigenvalue weighted by Crippen LogP contribution is 1.82. The molecule has 0 spiro atoms. The van der Waals surface area contributed by atoms with Crippen LogP contribution in [0.2, 0.25) is 6.55 Å². The molecule has 0 fully saturated rings. The highest BCUT2D eigenvalue weighted by atomic mass is 28.3. The van der Waals surface area contributed by atoms with E-state index in [1.165, 1.54) is 7.11 Å². The van der Waals surface area contributed by atoms with Gasteiger partial charge in [0, 0.05) is 7.11 Å². The predicted octanol–water partition coefficient (Wildman–Crippen LogP) is 0.329. The quantitative estimate of drug-likeness (QED) is 0.306. The Hall–Kier alpha value is 0.0969. The van der Waals surface area contributed by atoms with Gasteiger partial charge in [0.15, 0.2) is 0 Å². The molecule has 0 N–H and O–H groups in total. The number of hydrogen-bond donors (Lipinski definition) is 0. The van der Waals surface area contributed by atoms with E-state index in [0.29, 0.717) is 0 Å². The van der Waals surface area contributed by atoms with E-state index < -0.39 is 9.28 Å². The van der Waals surface area contributed by atoms with Gasteiger partial charge in [0.25, 0.3) is 0 Å². The maximum atomic E-state index is 4.75. The van der Waals surface area contributed by atoms with Crippen molar-refractivity contribution in [2.75, 3.05) is 14.2 Å². The molecule has 0 aromatic rings. The second kappa shape index (κ2) is 4.26. The van der Waals surface area contributed by atoms with E-state index in [1.54, 1.807) is 7.11 Å². The van der Waals surface area contributed by atoms with Crippen molar-refractivity contribution in [1.29, 1.82) is 0 Å². The molecule has 4 heteroatoms. The Kier molecular flexibility index (Phi) is 4.32. The standard InChI is InChI=1S/C3H9O3Si/c1-4-6-7(3)5-2/h1-3H3. The molecule has 0 aliphatic heterocycles. The second-order valence-electron chi connectivity index (χ2n) is 0.946. The zero-order chi connectivity index (χ0) is 5.70. The average Bonchev–Trinajstić information content (AvgIpc) is 1.68. The highest BCUT2D eigenvalue weighted by Gasteiger charge is 2.02. The van der Waals surface area contributed by atoms with Crippen LogP contribution in [-0.2, 0) is 13.9 Å². The Labute approximate surface area is 45.0 Å². The van der Waals surface area contributed by atoms with E-state index in [9.17, 15) is 0 Å². The van der Waals surface area contributed by atoms with Crippen molar-refractivity contribution in [3.8, 4) is 0 Å². The Morgan fingerprint density at radius 2 is 1.86 bits per heavy atom. The summed E-state index contributed by atoms with van der Waals surface area (Å²) < 4.78 is 9.32. The summed E-state index contributed by atoms with van der Waals surface area (Å²) in [6.07, 6.45) is 0. The number of rotatable bonds is 3. The van der Waals surface area contributed by atoms with Crippen molar-refractivity contribution in [1.82, 2.24) is 0 Å². The monoisotopic (exact) mass is 121 g/mol. The molecule has 0 unspecified atom stereocenters. The molecule has 0 heterocycles. The summed E-state index contributed by atoms with van der Waals surface area (Å²) in [6.45, 7) is 1.84. The summed E-state index contributed by atoms with van der Waals surface area (Å²) in [5.74, 6) is 0. The molecule has 0 saturated carbocycles. The fourth-order valence-electron chi connectivity index (χ4n) is 0.151. The lowest BCUT2D eigenvalue weighted by molar-refractivity contribution is -0.196. The summed E-state index contributed by atoms with van der Waals surface area (Å²) >= 11 is 0. The second-order valence-corrected chi connectivity index (χ2v) is 2.50. The van der Waals surface area contributed by atoms with E-state index in [1.807, 2.05) is 6.55 Å². The summed E-state index contributed by atoms with van der Waals surface area (Å²) in [4.78, 5) is 4.31. The molecule has 7 heavy (non-hydrogen) atoms. The number of hydrogen-bond acceptors (Lipinski definition) is 3. The van der Waals surface area contributed by atoms with Crippen LogP contribution in [0.15, 0.2) is 0 Å². The molecule has 0 aliphatic rings. The molecule has 0 aromatic carbocycles. The van der Waals surface area contributed by atoms with Gasteiger partial charge in [-0.1, -0.05) is 0 Å². The lowest BCUT2D eigenvalue weighted by Crippen LogP contribution is -2.14. The molecule has 0 rings (SSSR count). The average molecular weight is 121 g/mol. The summed E-state index contributed by atoms with van der Waals surface area (Å²) in [6, 6.07) is 0. The van der Waals surface area contributed by atoms with Gasteiger partial charge < -0.3 is 4.43 Å². The fraction of sp³-hybridized carbons (Fsp3) is 1.00. The first-order valence-corrected chi connectivity index (χ1v) is 3.71. The molecular formula is C3H9O3Si. The highest BCUT2D eigenvalue weighted by molar-refractivity contribution is 6.42. The van der Waals surface area contributed by atoms with Gasteiger partial charge in [0.05, 0.1) is 7.11 Å². The van der Waals surface area contributed by atoms with Gasteiger partial charge >= 0.3 is 9.28 Å². The third kappa shape index (κ3) is 3.94. The summed E-state index contributed by atoms with van der Waals surface area (Å²) in [5, 5.41) is 0. The van der Waals surface area contributed by atoms with Gasteiger partial charge in [0.1, 0.15) is 0 Å². The lowest BCUT2D eigenvalue weighted by Gasteiger charge is -2.01. The lowest BCUT2D eigenvalue weighted by atomic mass is 11.8. The van der Waals surface area contributed by atoms with Crippen LogP contribution in [-0.4, -0.2) is 23.5 Å². The Morgan fingerprint density at radius 1 is 1.29 bits per heavy atom. The largest absolute Gasteiger partial charge is 0.419 e. The molecule has 0 saturated heterocycles. The molecule has 0 atom stereocenters. The van der Waals surface area contributed by atoms with Crippen LogP contribution in [0.5, 0.6) is 0 Å². The first kappa shape index (κ1) is 7.10. The Morgan fingerprint density at radius 3 is 2.00 bits per heavy atom. The molecule has 0 bridgehead atoms. The molecule has 0 amide bonds. The van der Waals surface area contributed by atoms with E-state index in [2.05, 4.69) is 9.46 Å². The Bertz CT molecular complexity index is 41.2. The van der Waals surface area contributed by atoms with Gasteiger partial charge in [-0.05, 0) is 6.55 Å². The van der Waals surface area contributed by atoms with E-state index in [4.69, 9.17) is 4.43 Å². The van der Waals surface area contributed by atoms with Gasteiger partial charge in [-0.3, -0.25) is 0 Å². The van der Waals surface area contributed by atoms with Crippen molar-refractivity contribution >= 4 is 9.28 Å². The van der Waals surface area contributed by atoms with Crippen LogP contribution in [0, 0.1) is 0 Å². The third-order valence-corrected chi connectivity index (χ3v) is 1.46. The minimum Gasteiger partial charge on any atom is -0.395 e. The van der Waals surface area contributed by atoms with Crippen molar-refractivity contribution < 1.29 is 13.9 Å². The first-order valence-electron chi connectivity index (χ1n) is 1.89. The maximum absolute atomic E-state index is 4.75. The van der Waals surface area contributed by atoms with Crippen LogP contribution in [0.4, 0.5) is 0 Å². The minimum absolute atomic E-state index is 1.10. The smallest absolute Gasteiger partial charge is 0.395 e. The van der Waals surface area contributed by atoms with Crippen LogP contribution in [0.25, 0.3) is 0 Å². The van der Waals surface area contributed by atoms with E-state index in [-0.39, 0.29) is 0 Å². The van der Waals surface area contributed by atoms with Gasteiger partial charge in [-0.15, -0.1) is 0 Å². The van der Waals surface area contributed by atoms with Crippen LogP contribution < -0.4 is 0 Å². The normalized spacial score (nSPS) is 10.3. The minimum atomic E-state index is -1.10. The molecule has 43 valence electrons. The molecule has 1 radical (unpaired) electrons. The molecular weight excluding hydrogens is 112 g/mol. The van der Waals surface area contributed by atoms with Crippen molar-refractivity contribution in [2.24, 2.45) is 0 Å². The SMILES string of the molecule is COO[Si](C)OC. The summed E-state index contributed by atoms with van der Waals surface area (Å²) in [7, 11) is 1.95. The van der Waals surface area contributed by atoms with Crippen molar-refractivity contribution in [2.45, 2.75) is 6.55 Å². The van der Waals surface area contributed by atoms with Gasteiger partial charge in [-0.2, -0.15) is 0 Å². The predicted molar refractivity (Wildman–Crippen MR) is 26.7 cm³/mol. The van der Waals surface area contributed by atoms with Gasteiger partial charge in [0.2, 0.25) is 0 Å². The van der Waals surface area contributed by atoms with Gasteiger partial charge in [-0.25, -0.2) is 9.46 Å². The fourth-order valence-corrected chi connectivity index (χ4v) is 0.454. The third-order valence-electron chi connectivity index (χ3n) is 0.488. The maximum Gasteiger partial charge on any atom is 0.419 e. The molecule has 0 aliphatic carbocycles. The van der Waals surface area contributed by atoms with Crippen molar-refractivity contribution in [3.63, 3.8) is 0 Å². The zero-order valence-electron chi connectivity index (χ0n) is 4.72. The topological polar surface area (TPSA) is 27.7 Å². The Balaban J connectivity index is 2.83. The molecule has 0 aromatic heterocycles. The molecule has 3 nitrogen and oxygen atoms in total. The first-order chi connectivity index (χ1) is 3.31. The van der Waals surface area contributed by atoms with Crippen LogP contribution in [0.1, 0.15) is 0 Å². The van der Waals surface area contributed by atoms with E-state index in [0.717, 1.165) is 0 Å². The van der Waals surface area contributed by atoms with Crippen LogP contribution >= 0.6 is 0 Å². The summed E-state index contributed by atoms with van der Waals surface area (Å²) in [5.41, 5.74) is 0. The van der Waals surface area contributed by atoms with Crippen LogP contribution in [0.3, 0.4) is 0 Å².